The van der Waals surface area contributed by atoms with Crippen LogP contribution in [0.4, 0.5) is 0 Å². The minimum absolute atomic E-state index is 1.04. The summed E-state index contributed by atoms with van der Waals surface area (Å²) in [5, 5.41) is 3.13. The van der Waals surface area contributed by atoms with Crippen molar-refractivity contribution >= 4 is 0 Å². The van der Waals surface area contributed by atoms with Crippen molar-refractivity contribution in [3.05, 3.63) is 23.3 Å². The molecule has 0 saturated carbocycles. The molecule has 0 radical (unpaired) electrons. The highest BCUT2D eigenvalue weighted by molar-refractivity contribution is 5.31. The summed E-state index contributed by atoms with van der Waals surface area (Å²) in [6.07, 6.45) is 5.65. The third kappa shape index (κ3) is 1.68. The van der Waals surface area contributed by atoms with E-state index in [4.69, 9.17) is 0 Å². The van der Waals surface area contributed by atoms with Gasteiger partial charge >= 0.3 is 0 Å². The summed E-state index contributed by atoms with van der Waals surface area (Å²) < 4.78 is 0. The van der Waals surface area contributed by atoms with Crippen molar-refractivity contribution < 1.29 is 0 Å². The van der Waals surface area contributed by atoms with Gasteiger partial charge in [0.25, 0.3) is 0 Å². The lowest BCUT2D eigenvalue weighted by molar-refractivity contribution is 0.866. The molecule has 0 aromatic carbocycles. The predicted octanol–water partition coefficient (Wildman–Crippen LogP) is 1.48. The molecule has 1 N–H and O–H groups in total. The van der Waals surface area contributed by atoms with Gasteiger partial charge in [0.1, 0.15) is 0 Å². The van der Waals surface area contributed by atoms with E-state index >= 15 is 0 Å². The van der Waals surface area contributed by atoms with Crippen molar-refractivity contribution in [2.24, 2.45) is 0 Å². The predicted molar refractivity (Wildman–Crippen MR) is 40.4 cm³/mol. The van der Waals surface area contributed by atoms with E-state index in [1.807, 2.05) is 7.05 Å². The summed E-state index contributed by atoms with van der Waals surface area (Å²) >= 11 is 0. The smallest absolute Gasteiger partial charge is 0.0167 e. The Morgan fingerprint density at radius 1 is 1.67 bits per heavy atom. The van der Waals surface area contributed by atoms with Crippen molar-refractivity contribution in [3.63, 3.8) is 0 Å². The molecule has 1 aliphatic rings. The van der Waals surface area contributed by atoms with Crippen molar-refractivity contribution in [3.8, 4) is 0 Å². The second-order valence-electron chi connectivity index (χ2n) is 2.49. The Balaban J connectivity index is 2.41. The Kier molecular flexibility index (Phi) is 2.06. The van der Waals surface area contributed by atoms with E-state index in [2.05, 4.69) is 24.4 Å². The fraction of sp³-hybridized carbons (Fsp3) is 0.500. The first-order chi connectivity index (χ1) is 4.33. The molecule has 0 aliphatic heterocycles. The van der Waals surface area contributed by atoms with E-state index in [0.29, 0.717) is 0 Å². The molecule has 0 amide bonds. The van der Waals surface area contributed by atoms with Gasteiger partial charge in [0.2, 0.25) is 0 Å². The zero-order valence-corrected chi connectivity index (χ0v) is 6.07. The molecular weight excluding hydrogens is 110 g/mol. The van der Waals surface area contributed by atoms with Crippen LogP contribution in [0, 0.1) is 0 Å². The molecule has 9 heavy (non-hydrogen) atoms. The molecule has 1 aliphatic carbocycles. The van der Waals surface area contributed by atoms with Crippen molar-refractivity contribution in [2.45, 2.75) is 13.3 Å². The largest absolute Gasteiger partial charge is 0.316 e. The minimum Gasteiger partial charge on any atom is -0.316 e. The zero-order valence-electron chi connectivity index (χ0n) is 6.07. The molecule has 0 aromatic heterocycles. The number of allylic oxidation sites excluding steroid dienone is 3. The van der Waals surface area contributed by atoms with Crippen molar-refractivity contribution in [1.29, 1.82) is 0 Å². The van der Waals surface area contributed by atoms with E-state index in [1.54, 1.807) is 0 Å². The quantitative estimate of drug-likeness (QED) is 0.586. The Morgan fingerprint density at radius 2 is 2.44 bits per heavy atom. The normalized spacial score (nSPS) is 17.6. The third-order valence-corrected chi connectivity index (χ3v) is 1.52. The average molecular weight is 123 g/mol. The molecule has 0 fully saturated rings. The Bertz CT molecular complexity index is 154. The maximum atomic E-state index is 3.13. The summed E-state index contributed by atoms with van der Waals surface area (Å²) in [5.41, 5.74) is 2.90. The molecule has 1 rings (SSSR count). The monoisotopic (exact) mass is 123 g/mol. The number of likely N-dealkylation sites (N-methyl/N-ethyl adjacent to an activating group) is 1. The molecule has 0 atom stereocenters. The summed E-state index contributed by atoms with van der Waals surface area (Å²) in [7, 11) is 1.98. The Morgan fingerprint density at radius 3 is 2.89 bits per heavy atom. The zero-order chi connectivity index (χ0) is 6.69. The molecule has 0 saturated heterocycles. The van der Waals surface area contributed by atoms with Crippen LogP contribution in [0.2, 0.25) is 0 Å². The first kappa shape index (κ1) is 6.56. The van der Waals surface area contributed by atoms with Gasteiger partial charge in [0.15, 0.2) is 0 Å². The van der Waals surface area contributed by atoms with Gasteiger partial charge in [-0.25, -0.2) is 0 Å². The minimum atomic E-state index is 1.04. The van der Waals surface area contributed by atoms with Crippen LogP contribution in [0.25, 0.3) is 0 Å². The van der Waals surface area contributed by atoms with Crippen LogP contribution < -0.4 is 5.32 Å². The van der Waals surface area contributed by atoms with Crippen LogP contribution in [0.1, 0.15) is 13.3 Å². The van der Waals surface area contributed by atoms with Gasteiger partial charge in [0.05, 0.1) is 0 Å². The van der Waals surface area contributed by atoms with Gasteiger partial charge in [-0.2, -0.15) is 0 Å². The van der Waals surface area contributed by atoms with Crippen LogP contribution >= 0.6 is 0 Å². The van der Waals surface area contributed by atoms with Crippen LogP contribution in [-0.4, -0.2) is 13.6 Å². The highest BCUT2D eigenvalue weighted by Crippen LogP contribution is 2.15. The molecule has 1 nitrogen and oxygen atoms in total. The van der Waals surface area contributed by atoms with Gasteiger partial charge in [-0.1, -0.05) is 23.3 Å². The summed E-state index contributed by atoms with van der Waals surface area (Å²) in [6.45, 7) is 3.18. The Labute approximate surface area is 56.5 Å². The van der Waals surface area contributed by atoms with Gasteiger partial charge in [-0.15, -0.1) is 0 Å². The Hall–Kier alpha value is -0.560. The van der Waals surface area contributed by atoms with Gasteiger partial charge in [-0.3, -0.25) is 0 Å². The van der Waals surface area contributed by atoms with Crippen molar-refractivity contribution in [1.82, 2.24) is 5.32 Å². The topological polar surface area (TPSA) is 12.0 Å². The highest BCUT2D eigenvalue weighted by Gasteiger charge is 1.99. The number of hydrogen-bond acceptors (Lipinski definition) is 1. The number of rotatable bonds is 2. The SMILES string of the molecule is CNCC1=CC(C)=CC1. The second-order valence-corrected chi connectivity index (χ2v) is 2.49. The number of hydrogen-bond donors (Lipinski definition) is 1. The molecular formula is C8H13N. The lowest BCUT2D eigenvalue weighted by Gasteiger charge is -1.96. The van der Waals surface area contributed by atoms with Crippen LogP contribution in [0.5, 0.6) is 0 Å². The van der Waals surface area contributed by atoms with Crippen LogP contribution in [0.3, 0.4) is 0 Å². The standard InChI is InChI=1S/C8H13N/c1-7-3-4-8(5-7)6-9-2/h3,5,9H,4,6H2,1-2H3. The highest BCUT2D eigenvalue weighted by atomic mass is 14.8. The van der Waals surface area contributed by atoms with Gasteiger partial charge in [0, 0.05) is 6.54 Å². The lowest BCUT2D eigenvalue weighted by Crippen LogP contribution is -2.08. The molecule has 50 valence electrons. The maximum Gasteiger partial charge on any atom is 0.0167 e. The molecule has 1 heteroatoms. The van der Waals surface area contributed by atoms with E-state index in [1.165, 1.54) is 11.1 Å². The number of nitrogens with one attached hydrogen (secondary N) is 1. The third-order valence-electron chi connectivity index (χ3n) is 1.52. The van der Waals surface area contributed by atoms with Crippen LogP contribution in [-0.2, 0) is 0 Å². The van der Waals surface area contributed by atoms with E-state index in [0.717, 1.165) is 13.0 Å². The first-order valence-corrected chi connectivity index (χ1v) is 3.33. The van der Waals surface area contributed by atoms with E-state index in [9.17, 15) is 0 Å². The fourth-order valence-electron chi connectivity index (χ4n) is 1.08. The summed E-state index contributed by atoms with van der Waals surface area (Å²) in [6, 6.07) is 0. The van der Waals surface area contributed by atoms with Gasteiger partial charge < -0.3 is 5.32 Å². The second kappa shape index (κ2) is 2.83. The molecule has 0 unspecified atom stereocenters. The first-order valence-electron chi connectivity index (χ1n) is 3.33. The van der Waals surface area contributed by atoms with E-state index < -0.39 is 0 Å². The fourth-order valence-corrected chi connectivity index (χ4v) is 1.08. The lowest BCUT2D eigenvalue weighted by atomic mass is 10.2. The summed E-state index contributed by atoms with van der Waals surface area (Å²) in [5.74, 6) is 0. The molecule has 0 bridgehead atoms. The maximum absolute atomic E-state index is 3.13. The van der Waals surface area contributed by atoms with Gasteiger partial charge in [-0.05, 0) is 20.4 Å². The molecule has 0 heterocycles. The molecule has 0 spiro atoms. The summed E-state index contributed by atoms with van der Waals surface area (Å²) in [4.78, 5) is 0. The van der Waals surface area contributed by atoms with Crippen LogP contribution in [0.15, 0.2) is 23.3 Å². The molecule has 0 aromatic rings. The van der Waals surface area contributed by atoms with Crippen molar-refractivity contribution in [2.75, 3.05) is 13.6 Å². The van der Waals surface area contributed by atoms with E-state index in [-0.39, 0.29) is 0 Å². The average Bonchev–Trinajstić information content (AvgIpc) is 2.17.